The Morgan fingerprint density at radius 2 is 1.59 bits per heavy atom. The Morgan fingerprint density at radius 1 is 0.969 bits per heavy atom. The van der Waals surface area contributed by atoms with Gasteiger partial charge in [0.05, 0.1) is 35.5 Å². The molecule has 0 radical (unpaired) electrons. The van der Waals surface area contributed by atoms with Crippen molar-refractivity contribution in [2.75, 3.05) is 13.2 Å². The first-order valence-corrected chi connectivity index (χ1v) is 9.10. The van der Waals surface area contributed by atoms with Crippen molar-refractivity contribution in [3.05, 3.63) is 52.7 Å². The van der Waals surface area contributed by atoms with E-state index in [4.69, 9.17) is 4.74 Å². The molecule has 180 valence electrons. The van der Waals surface area contributed by atoms with Crippen molar-refractivity contribution in [3.8, 4) is 11.3 Å². The van der Waals surface area contributed by atoms with Gasteiger partial charge < -0.3 is 10.1 Å². The minimum Gasteiger partial charge on any atom is -0.466 e. The van der Waals surface area contributed by atoms with Gasteiger partial charge in [-0.2, -0.15) is 26.3 Å². The molecule has 0 spiro atoms. The maximum atomic E-state index is 13.4. The SMILES string of the molecule is CCNCc1cc(C(F)(F)F)ccc1-c1cc(C(F)(F)F)cc(CC(=O)OCC)n1.Cl.Cl. The molecule has 0 aliphatic heterocycles. The van der Waals surface area contributed by atoms with E-state index < -0.39 is 35.9 Å². The molecule has 0 saturated heterocycles. The van der Waals surface area contributed by atoms with Gasteiger partial charge in [0.2, 0.25) is 0 Å². The topological polar surface area (TPSA) is 51.2 Å². The largest absolute Gasteiger partial charge is 0.466 e. The van der Waals surface area contributed by atoms with Gasteiger partial charge in [-0.1, -0.05) is 13.0 Å². The van der Waals surface area contributed by atoms with Gasteiger partial charge in [-0.05, 0) is 43.3 Å². The van der Waals surface area contributed by atoms with Gasteiger partial charge in [-0.3, -0.25) is 9.78 Å². The second-order valence-electron chi connectivity index (χ2n) is 6.36. The number of alkyl halides is 6. The Labute approximate surface area is 193 Å². The molecule has 1 aromatic carbocycles. The zero-order valence-corrected chi connectivity index (χ0v) is 18.7. The standard InChI is InChI=1S/C20H20F6N2O2.2ClH/c1-3-27-11-12-7-13(19(21,22)23)5-6-16(12)17-9-14(20(24,25)26)8-15(28-17)10-18(29)30-4-2;;/h5-9,27H,3-4,10-11H2,1-2H3;2*1H. The van der Waals surface area contributed by atoms with Crippen molar-refractivity contribution < 1.29 is 35.9 Å². The second-order valence-corrected chi connectivity index (χ2v) is 6.36. The van der Waals surface area contributed by atoms with Crippen molar-refractivity contribution in [1.29, 1.82) is 0 Å². The molecule has 1 aromatic heterocycles. The fourth-order valence-corrected chi connectivity index (χ4v) is 2.77. The summed E-state index contributed by atoms with van der Waals surface area (Å²) in [5.74, 6) is -0.754. The molecule has 12 heteroatoms. The van der Waals surface area contributed by atoms with E-state index in [1.807, 2.05) is 0 Å². The molecule has 0 bridgehead atoms. The number of esters is 1. The molecule has 0 aliphatic rings. The third kappa shape index (κ3) is 8.14. The van der Waals surface area contributed by atoms with E-state index in [2.05, 4.69) is 10.3 Å². The lowest BCUT2D eigenvalue weighted by Crippen LogP contribution is -2.15. The number of ether oxygens (including phenoxy) is 1. The normalized spacial score (nSPS) is 11.4. The maximum Gasteiger partial charge on any atom is 0.416 e. The van der Waals surface area contributed by atoms with Gasteiger partial charge >= 0.3 is 18.3 Å². The Balaban J connectivity index is 0.00000480. The van der Waals surface area contributed by atoms with Gasteiger partial charge in [-0.25, -0.2) is 0 Å². The Hall–Kier alpha value is -2.04. The van der Waals surface area contributed by atoms with Crippen LogP contribution in [0.5, 0.6) is 0 Å². The summed E-state index contributed by atoms with van der Waals surface area (Å²) in [6.45, 7) is 3.79. The van der Waals surface area contributed by atoms with Crippen molar-refractivity contribution in [3.63, 3.8) is 0 Å². The van der Waals surface area contributed by atoms with E-state index in [1.54, 1.807) is 13.8 Å². The highest BCUT2D eigenvalue weighted by molar-refractivity contribution is 5.85. The van der Waals surface area contributed by atoms with Crippen LogP contribution in [-0.4, -0.2) is 24.1 Å². The number of benzene rings is 1. The summed E-state index contributed by atoms with van der Waals surface area (Å²) in [5, 5.41) is 2.87. The number of hydrogen-bond donors (Lipinski definition) is 1. The lowest BCUT2D eigenvalue weighted by Gasteiger charge is -2.16. The maximum absolute atomic E-state index is 13.4. The number of carbonyl (C=O) groups excluding carboxylic acids is 1. The van der Waals surface area contributed by atoms with Crippen molar-refractivity contribution in [1.82, 2.24) is 10.3 Å². The van der Waals surface area contributed by atoms with Gasteiger partial charge in [0, 0.05) is 12.1 Å². The van der Waals surface area contributed by atoms with Gasteiger partial charge in [0.1, 0.15) is 0 Å². The van der Waals surface area contributed by atoms with Crippen LogP contribution in [-0.2, 0) is 34.8 Å². The van der Waals surface area contributed by atoms with E-state index in [9.17, 15) is 31.1 Å². The fourth-order valence-electron chi connectivity index (χ4n) is 2.77. The molecule has 0 aliphatic carbocycles. The minimum atomic E-state index is -4.73. The Morgan fingerprint density at radius 3 is 2.12 bits per heavy atom. The van der Waals surface area contributed by atoms with E-state index in [-0.39, 0.29) is 60.5 Å². The van der Waals surface area contributed by atoms with Gasteiger partial charge in [-0.15, -0.1) is 24.8 Å². The summed E-state index contributed by atoms with van der Waals surface area (Å²) in [4.78, 5) is 15.8. The van der Waals surface area contributed by atoms with E-state index in [0.29, 0.717) is 6.54 Å². The highest BCUT2D eigenvalue weighted by Crippen LogP contribution is 2.36. The number of aromatic nitrogens is 1. The number of carbonyl (C=O) groups is 1. The van der Waals surface area contributed by atoms with Crippen molar-refractivity contribution in [2.45, 2.75) is 39.2 Å². The molecule has 32 heavy (non-hydrogen) atoms. The van der Waals surface area contributed by atoms with Gasteiger partial charge in [0.15, 0.2) is 0 Å². The molecule has 0 unspecified atom stereocenters. The van der Waals surface area contributed by atoms with Crippen LogP contribution < -0.4 is 5.32 Å². The predicted molar refractivity (Wildman–Crippen MR) is 112 cm³/mol. The summed E-state index contributed by atoms with van der Waals surface area (Å²) < 4.78 is 84.1. The molecule has 4 nitrogen and oxygen atoms in total. The molecule has 0 fully saturated rings. The minimum absolute atomic E-state index is 0. The molecule has 0 atom stereocenters. The van der Waals surface area contributed by atoms with Crippen LogP contribution in [0.1, 0.15) is 36.2 Å². The van der Waals surface area contributed by atoms with Crippen LogP contribution >= 0.6 is 24.8 Å². The highest BCUT2D eigenvalue weighted by atomic mass is 35.5. The zero-order valence-electron chi connectivity index (χ0n) is 17.1. The molecular formula is C20H22Cl2F6N2O2. The molecule has 1 heterocycles. The summed E-state index contributed by atoms with van der Waals surface area (Å²) in [6.07, 6.45) is -9.82. The van der Waals surface area contributed by atoms with Crippen LogP contribution in [0.4, 0.5) is 26.3 Å². The van der Waals surface area contributed by atoms with Gasteiger partial charge in [0.25, 0.3) is 0 Å². The Kier molecular flexibility index (Phi) is 11.5. The van der Waals surface area contributed by atoms with E-state index >= 15 is 0 Å². The van der Waals surface area contributed by atoms with Crippen LogP contribution in [0, 0.1) is 0 Å². The van der Waals surface area contributed by atoms with Crippen LogP contribution in [0.3, 0.4) is 0 Å². The fraction of sp³-hybridized carbons (Fsp3) is 0.400. The molecule has 2 rings (SSSR count). The number of nitrogens with zero attached hydrogens (tertiary/aromatic N) is 1. The molecule has 1 N–H and O–H groups in total. The first-order chi connectivity index (χ1) is 14.0. The number of rotatable bonds is 7. The van der Waals surface area contributed by atoms with Crippen LogP contribution in [0.2, 0.25) is 0 Å². The lowest BCUT2D eigenvalue weighted by atomic mass is 9.98. The predicted octanol–water partition coefficient (Wildman–Crippen LogP) is 5.84. The van der Waals surface area contributed by atoms with E-state index in [0.717, 1.165) is 30.3 Å². The summed E-state index contributed by atoms with van der Waals surface area (Å²) in [6, 6.07) is 4.25. The molecule has 2 aromatic rings. The van der Waals surface area contributed by atoms with Crippen molar-refractivity contribution >= 4 is 30.8 Å². The van der Waals surface area contributed by atoms with Crippen LogP contribution in [0.25, 0.3) is 11.3 Å². The molecule has 0 amide bonds. The van der Waals surface area contributed by atoms with Crippen LogP contribution in [0.15, 0.2) is 30.3 Å². The third-order valence-electron chi connectivity index (χ3n) is 4.11. The zero-order chi connectivity index (χ0) is 22.5. The number of halogens is 8. The smallest absolute Gasteiger partial charge is 0.416 e. The third-order valence-corrected chi connectivity index (χ3v) is 4.11. The molecular weight excluding hydrogens is 485 g/mol. The summed E-state index contributed by atoms with van der Waals surface area (Å²) in [5.41, 5.74) is -2.09. The summed E-state index contributed by atoms with van der Waals surface area (Å²) in [7, 11) is 0. The average Bonchev–Trinajstić information content (AvgIpc) is 2.64. The number of hydrogen-bond acceptors (Lipinski definition) is 4. The summed E-state index contributed by atoms with van der Waals surface area (Å²) >= 11 is 0. The monoisotopic (exact) mass is 506 g/mol. The quantitative estimate of drug-likeness (QED) is 0.378. The van der Waals surface area contributed by atoms with E-state index in [1.165, 1.54) is 0 Å². The Bertz CT molecular complexity index is 905. The average molecular weight is 507 g/mol. The number of pyridine rings is 1. The highest BCUT2D eigenvalue weighted by Gasteiger charge is 2.33. The molecule has 0 saturated carbocycles. The first-order valence-electron chi connectivity index (χ1n) is 9.10. The first kappa shape index (κ1) is 30.0. The number of nitrogens with one attached hydrogen (secondary N) is 1. The lowest BCUT2D eigenvalue weighted by molar-refractivity contribution is -0.143. The van der Waals surface area contributed by atoms with Crippen molar-refractivity contribution in [2.24, 2.45) is 0 Å². The second kappa shape index (κ2) is 12.3.